The number of hydrogen-bond acceptors (Lipinski definition) is 5. The van der Waals surface area contributed by atoms with Crippen molar-refractivity contribution in [2.75, 3.05) is 18.5 Å². The number of nitrogens with zero attached hydrogens (tertiary/aromatic N) is 1. The van der Waals surface area contributed by atoms with Gasteiger partial charge in [-0.05, 0) is 24.3 Å². The third-order valence-electron chi connectivity index (χ3n) is 5.92. The van der Waals surface area contributed by atoms with Crippen LogP contribution in [-0.4, -0.2) is 47.4 Å². The molecule has 2 aliphatic rings. The van der Waals surface area contributed by atoms with E-state index in [1.807, 2.05) is 36.4 Å². The van der Waals surface area contributed by atoms with Gasteiger partial charge in [-0.15, -0.1) is 0 Å². The number of ether oxygens (including phenoxy) is 1. The average molecular weight is 423 g/mol. The number of hydrogen-bond donors (Lipinski definition) is 2. The molecule has 0 aromatic heterocycles. The Morgan fingerprint density at radius 3 is 2.58 bits per heavy atom. The number of esters is 1. The van der Waals surface area contributed by atoms with Gasteiger partial charge in [0.15, 0.2) is 6.61 Å². The van der Waals surface area contributed by atoms with Crippen LogP contribution in [0.5, 0.6) is 0 Å². The van der Waals surface area contributed by atoms with E-state index in [-0.39, 0.29) is 18.9 Å². The number of rotatable bonds is 6. The maximum atomic E-state index is 12.7. The minimum absolute atomic E-state index is 0.0593. The molecule has 0 atom stereocenters. The molecule has 162 valence electrons. The van der Waals surface area contributed by atoms with E-state index in [4.69, 9.17) is 4.74 Å². The van der Waals surface area contributed by atoms with Crippen LogP contribution in [0.1, 0.15) is 38.5 Å². The smallest absolute Gasteiger partial charge is 0.325 e. The van der Waals surface area contributed by atoms with Crippen molar-refractivity contribution >= 4 is 40.3 Å². The number of fused-ring (bicyclic) bond motifs is 1. The number of carbonyl (C=O) groups excluding carboxylic acids is 4. The van der Waals surface area contributed by atoms with Gasteiger partial charge >= 0.3 is 12.0 Å². The zero-order valence-corrected chi connectivity index (χ0v) is 17.2. The van der Waals surface area contributed by atoms with Crippen LogP contribution in [0.4, 0.5) is 10.5 Å². The third kappa shape index (κ3) is 4.38. The van der Waals surface area contributed by atoms with Gasteiger partial charge in [0.05, 0.1) is 6.42 Å². The van der Waals surface area contributed by atoms with Crippen molar-refractivity contribution in [1.29, 1.82) is 0 Å². The molecule has 1 spiro atoms. The maximum absolute atomic E-state index is 12.7. The van der Waals surface area contributed by atoms with Crippen LogP contribution in [0.2, 0.25) is 0 Å². The molecule has 2 fully saturated rings. The van der Waals surface area contributed by atoms with Gasteiger partial charge in [0, 0.05) is 17.6 Å². The van der Waals surface area contributed by atoms with Crippen molar-refractivity contribution in [1.82, 2.24) is 10.2 Å². The molecule has 0 radical (unpaired) electrons. The van der Waals surface area contributed by atoms with Crippen LogP contribution in [-0.2, 0) is 19.1 Å². The Morgan fingerprint density at radius 1 is 1.03 bits per heavy atom. The van der Waals surface area contributed by atoms with E-state index in [9.17, 15) is 19.2 Å². The zero-order valence-electron chi connectivity index (χ0n) is 17.2. The zero-order chi connectivity index (χ0) is 21.8. The topological polar surface area (TPSA) is 105 Å². The average Bonchev–Trinajstić information content (AvgIpc) is 3.00. The van der Waals surface area contributed by atoms with E-state index in [0.29, 0.717) is 18.5 Å². The number of benzene rings is 2. The molecule has 4 amide bonds. The number of imide groups is 1. The summed E-state index contributed by atoms with van der Waals surface area (Å²) in [7, 11) is 0. The number of anilines is 1. The van der Waals surface area contributed by atoms with E-state index in [0.717, 1.165) is 34.9 Å². The van der Waals surface area contributed by atoms with Crippen molar-refractivity contribution in [2.45, 2.75) is 44.1 Å². The van der Waals surface area contributed by atoms with Crippen LogP contribution < -0.4 is 10.6 Å². The number of nitrogens with one attached hydrogen (secondary N) is 2. The lowest BCUT2D eigenvalue weighted by molar-refractivity contribution is -0.147. The Labute approximate surface area is 179 Å². The highest BCUT2D eigenvalue weighted by atomic mass is 16.5. The Bertz CT molecular complexity index is 1020. The summed E-state index contributed by atoms with van der Waals surface area (Å²) in [5.41, 5.74) is -0.173. The van der Waals surface area contributed by atoms with Gasteiger partial charge in [0.2, 0.25) is 0 Å². The predicted molar refractivity (Wildman–Crippen MR) is 114 cm³/mol. The first kappa shape index (κ1) is 20.8. The molecule has 1 saturated heterocycles. The molecule has 1 heterocycles. The molecule has 1 aliphatic heterocycles. The highest BCUT2D eigenvalue weighted by Crippen LogP contribution is 2.33. The largest absolute Gasteiger partial charge is 0.456 e. The summed E-state index contributed by atoms with van der Waals surface area (Å²) in [6, 6.07) is 12.7. The van der Waals surface area contributed by atoms with Crippen molar-refractivity contribution in [3.8, 4) is 0 Å². The van der Waals surface area contributed by atoms with E-state index in [1.54, 1.807) is 6.07 Å². The summed E-state index contributed by atoms with van der Waals surface area (Å²) in [5.74, 6) is -1.36. The number of carbonyl (C=O) groups is 4. The van der Waals surface area contributed by atoms with Gasteiger partial charge in [0.1, 0.15) is 5.54 Å². The van der Waals surface area contributed by atoms with Crippen LogP contribution in [0.25, 0.3) is 10.8 Å². The molecule has 2 aromatic carbocycles. The first-order valence-electron chi connectivity index (χ1n) is 10.6. The molecular formula is C23H25N3O5. The maximum Gasteiger partial charge on any atom is 0.325 e. The second-order valence-electron chi connectivity index (χ2n) is 8.02. The molecule has 0 unspecified atom stereocenters. The quantitative estimate of drug-likeness (QED) is 0.549. The monoisotopic (exact) mass is 423 g/mol. The summed E-state index contributed by atoms with van der Waals surface area (Å²) in [5, 5.41) is 7.43. The fourth-order valence-corrected chi connectivity index (χ4v) is 4.32. The summed E-state index contributed by atoms with van der Waals surface area (Å²) >= 11 is 0. The van der Waals surface area contributed by atoms with Crippen LogP contribution in [0, 0.1) is 0 Å². The first-order chi connectivity index (χ1) is 15.0. The summed E-state index contributed by atoms with van der Waals surface area (Å²) < 4.78 is 5.03. The molecule has 2 N–H and O–H groups in total. The van der Waals surface area contributed by atoms with Gasteiger partial charge in [0.25, 0.3) is 11.8 Å². The van der Waals surface area contributed by atoms with Crippen LogP contribution in [0.15, 0.2) is 42.5 Å². The van der Waals surface area contributed by atoms with Crippen molar-refractivity contribution in [2.24, 2.45) is 0 Å². The fourth-order valence-electron chi connectivity index (χ4n) is 4.32. The molecule has 4 rings (SSSR count). The second kappa shape index (κ2) is 8.75. The molecule has 8 heteroatoms. The standard InChI is InChI=1S/C23H25N3O5/c27-19(24-18-10-6-8-16-7-2-3-9-17(16)18)15-31-20(28)11-14-26-21(29)23(25-22(26)30)12-4-1-5-13-23/h2-3,6-10H,1,4-5,11-15H2,(H,24,27)(H,25,30). The van der Waals surface area contributed by atoms with Gasteiger partial charge in [-0.2, -0.15) is 0 Å². The number of amides is 4. The molecule has 1 saturated carbocycles. The summed E-state index contributed by atoms with van der Waals surface area (Å²) in [6.45, 7) is -0.498. The van der Waals surface area contributed by atoms with E-state index in [1.165, 1.54) is 0 Å². The lowest BCUT2D eigenvalue weighted by Gasteiger charge is -2.30. The molecule has 2 aromatic rings. The van der Waals surface area contributed by atoms with E-state index < -0.39 is 30.1 Å². The van der Waals surface area contributed by atoms with Gasteiger partial charge in [-0.25, -0.2) is 4.79 Å². The minimum Gasteiger partial charge on any atom is -0.456 e. The van der Waals surface area contributed by atoms with E-state index >= 15 is 0 Å². The van der Waals surface area contributed by atoms with Gasteiger partial charge in [-0.3, -0.25) is 19.3 Å². The molecule has 0 bridgehead atoms. The predicted octanol–water partition coefficient (Wildman–Crippen LogP) is 2.97. The Hall–Kier alpha value is -3.42. The Kier molecular flexibility index (Phi) is 5.88. The Morgan fingerprint density at radius 2 is 1.77 bits per heavy atom. The van der Waals surface area contributed by atoms with Crippen molar-refractivity contribution in [3.05, 3.63) is 42.5 Å². The normalized spacial score (nSPS) is 17.6. The lowest BCUT2D eigenvalue weighted by atomic mass is 9.82. The highest BCUT2D eigenvalue weighted by molar-refractivity contribution is 6.07. The molecule has 1 aliphatic carbocycles. The minimum atomic E-state index is -0.808. The van der Waals surface area contributed by atoms with Crippen LogP contribution >= 0.6 is 0 Å². The Balaban J connectivity index is 1.26. The fraction of sp³-hybridized carbons (Fsp3) is 0.391. The lowest BCUT2D eigenvalue weighted by Crippen LogP contribution is -2.48. The van der Waals surface area contributed by atoms with Crippen LogP contribution in [0.3, 0.4) is 0 Å². The van der Waals surface area contributed by atoms with Gasteiger partial charge in [-0.1, -0.05) is 55.7 Å². The number of urea groups is 1. The SMILES string of the molecule is O=C(COC(=O)CCN1C(=O)NC2(CCCCC2)C1=O)Nc1cccc2ccccc12. The van der Waals surface area contributed by atoms with Crippen molar-refractivity contribution < 1.29 is 23.9 Å². The van der Waals surface area contributed by atoms with Crippen molar-refractivity contribution in [3.63, 3.8) is 0 Å². The molecular weight excluding hydrogens is 398 g/mol. The highest BCUT2D eigenvalue weighted by Gasteiger charge is 2.51. The molecule has 31 heavy (non-hydrogen) atoms. The summed E-state index contributed by atoms with van der Waals surface area (Å²) in [4.78, 5) is 50.3. The van der Waals surface area contributed by atoms with Gasteiger partial charge < -0.3 is 15.4 Å². The van der Waals surface area contributed by atoms with E-state index in [2.05, 4.69) is 10.6 Å². The second-order valence-corrected chi connectivity index (χ2v) is 8.02. The first-order valence-corrected chi connectivity index (χ1v) is 10.6. The third-order valence-corrected chi connectivity index (χ3v) is 5.92. The molecule has 8 nitrogen and oxygen atoms in total. The summed E-state index contributed by atoms with van der Waals surface area (Å²) in [6.07, 6.45) is 3.95.